The van der Waals surface area contributed by atoms with Gasteiger partial charge in [-0.05, 0) is 36.4 Å². The topological polar surface area (TPSA) is 62.0 Å². The van der Waals surface area contributed by atoms with E-state index in [0.717, 1.165) is 5.69 Å². The molecule has 1 heterocycles. The molecule has 2 rings (SSSR count). The standard InChI is InChI=1S/C12H12F2N2O2S/c13-12(14)19(17,18)11-5-3-9(4-6-11)16-8-10-2-1-7-15-10/h1-7,12,15-16H,8H2. The van der Waals surface area contributed by atoms with Crippen molar-refractivity contribution in [3.8, 4) is 0 Å². The number of alkyl halides is 2. The Hall–Kier alpha value is -1.89. The first-order chi connectivity index (χ1) is 9.00. The maximum absolute atomic E-state index is 12.3. The predicted molar refractivity (Wildman–Crippen MR) is 67.8 cm³/mol. The van der Waals surface area contributed by atoms with Crippen molar-refractivity contribution in [3.05, 3.63) is 48.3 Å². The monoisotopic (exact) mass is 286 g/mol. The Labute approximate surface area is 109 Å². The Morgan fingerprint density at radius 3 is 2.37 bits per heavy atom. The van der Waals surface area contributed by atoms with Gasteiger partial charge in [-0.25, -0.2) is 8.42 Å². The van der Waals surface area contributed by atoms with E-state index in [9.17, 15) is 17.2 Å². The Morgan fingerprint density at radius 1 is 1.16 bits per heavy atom. The Bertz CT molecular complexity index is 622. The lowest BCUT2D eigenvalue weighted by atomic mass is 10.3. The number of rotatable bonds is 5. The first kappa shape index (κ1) is 13.5. The van der Waals surface area contributed by atoms with Crippen molar-refractivity contribution in [1.82, 2.24) is 4.98 Å². The van der Waals surface area contributed by atoms with Crippen molar-refractivity contribution in [2.24, 2.45) is 0 Å². The van der Waals surface area contributed by atoms with E-state index in [4.69, 9.17) is 0 Å². The molecule has 0 fully saturated rings. The van der Waals surface area contributed by atoms with Crippen LogP contribution in [-0.4, -0.2) is 19.2 Å². The van der Waals surface area contributed by atoms with E-state index in [1.54, 1.807) is 6.20 Å². The quantitative estimate of drug-likeness (QED) is 0.888. The van der Waals surface area contributed by atoms with E-state index in [1.807, 2.05) is 12.1 Å². The van der Waals surface area contributed by atoms with Gasteiger partial charge in [0.25, 0.3) is 0 Å². The third-order valence-electron chi connectivity index (χ3n) is 2.56. The summed E-state index contributed by atoms with van der Waals surface area (Å²) >= 11 is 0. The molecule has 0 atom stereocenters. The van der Waals surface area contributed by atoms with E-state index >= 15 is 0 Å². The summed E-state index contributed by atoms with van der Waals surface area (Å²) in [5, 5.41) is 3.04. The van der Waals surface area contributed by atoms with Crippen LogP contribution < -0.4 is 5.32 Å². The number of benzene rings is 1. The van der Waals surface area contributed by atoms with Crippen molar-refractivity contribution in [1.29, 1.82) is 0 Å². The van der Waals surface area contributed by atoms with Gasteiger partial charge in [0.15, 0.2) is 0 Å². The SMILES string of the molecule is O=S(=O)(c1ccc(NCc2ccc[nH]2)cc1)C(F)F. The fourth-order valence-electron chi connectivity index (χ4n) is 1.54. The van der Waals surface area contributed by atoms with Gasteiger partial charge >= 0.3 is 5.76 Å². The minimum atomic E-state index is -4.52. The average molecular weight is 286 g/mol. The molecule has 0 radical (unpaired) electrons. The fraction of sp³-hybridized carbons (Fsp3) is 0.167. The highest BCUT2D eigenvalue weighted by atomic mass is 32.2. The molecule has 0 aliphatic rings. The molecule has 1 aromatic carbocycles. The summed E-state index contributed by atoms with van der Waals surface area (Å²) in [7, 11) is -4.52. The van der Waals surface area contributed by atoms with Gasteiger partial charge in [-0.3, -0.25) is 0 Å². The fourth-order valence-corrected chi connectivity index (χ4v) is 2.26. The first-order valence-corrected chi connectivity index (χ1v) is 7.03. The molecule has 0 bridgehead atoms. The van der Waals surface area contributed by atoms with E-state index in [0.29, 0.717) is 12.2 Å². The molecule has 0 spiro atoms. The number of H-pyrrole nitrogens is 1. The Kier molecular flexibility index (Phi) is 3.84. The van der Waals surface area contributed by atoms with E-state index < -0.39 is 15.6 Å². The molecule has 0 amide bonds. The van der Waals surface area contributed by atoms with E-state index in [2.05, 4.69) is 10.3 Å². The molecule has 0 saturated carbocycles. The van der Waals surface area contributed by atoms with Crippen molar-refractivity contribution in [2.75, 3.05) is 5.32 Å². The van der Waals surface area contributed by atoms with E-state index in [1.165, 1.54) is 24.3 Å². The summed E-state index contributed by atoms with van der Waals surface area (Å²) in [6.07, 6.45) is 1.79. The maximum atomic E-state index is 12.3. The first-order valence-electron chi connectivity index (χ1n) is 5.48. The van der Waals surface area contributed by atoms with Gasteiger partial charge in [0.2, 0.25) is 9.84 Å². The third-order valence-corrected chi connectivity index (χ3v) is 3.96. The highest BCUT2D eigenvalue weighted by molar-refractivity contribution is 7.91. The maximum Gasteiger partial charge on any atom is 0.341 e. The van der Waals surface area contributed by atoms with Crippen molar-refractivity contribution in [3.63, 3.8) is 0 Å². The molecule has 2 aromatic rings. The summed E-state index contributed by atoms with van der Waals surface area (Å²) in [5.41, 5.74) is 1.62. The second-order valence-corrected chi connectivity index (χ2v) is 5.80. The van der Waals surface area contributed by atoms with Crippen molar-refractivity contribution >= 4 is 15.5 Å². The number of anilines is 1. The normalized spacial score (nSPS) is 11.7. The van der Waals surface area contributed by atoms with Gasteiger partial charge < -0.3 is 10.3 Å². The molecule has 0 saturated heterocycles. The number of aromatic amines is 1. The summed E-state index contributed by atoms with van der Waals surface area (Å²) in [5.74, 6) is -3.40. The minimum Gasteiger partial charge on any atom is -0.379 e. The molecule has 4 nitrogen and oxygen atoms in total. The number of aromatic nitrogens is 1. The Balaban J connectivity index is 2.07. The van der Waals surface area contributed by atoms with Gasteiger partial charge in [0.05, 0.1) is 11.4 Å². The van der Waals surface area contributed by atoms with Crippen LogP contribution in [0.5, 0.6) is 0 Å². The van der Waals surface area contributed by atoms with Crippen LogP contribution in [0.25, 0.3) is 0 Å². The molecular formula is C12H12F2N2O2S. The molecule has 0 aliphatic carbocycles. The smallest absolute Gasteiger partial charge is 0.341 e. The minimum absolute atomic E-state index is 0.382. The molecule has 0 unspecified atom stereocenters. The summed E-state index contributed by atoms with van der Waals surface area (Å²) in [6.45, 7) is 0.536. The second-order valence-electron chi connectivity index (χ2n) is 3.88. The van der Waals surface area contributed by atoms with Crippen LogP contribution in [-0.2, 0) is 16.4 Å². The van der Waals surface area contributed by atoms with Crippen LogP contribution in [0.1, 0.15) is 5.69 Å². The lowest BCUT2D eigenvalue weighted by Gasteiger charge is -2.07. The number of halogens is 2. The Morgan fingerprint density at radius 2 is 1.84 bits per heavy atom. The van der Waals surface area contributed by atoms with Crippen LogP contribution in [0, 0.1) is 0 Å². The van der Waals surface area contributed by atoms with Gasteiger partial charge in [0.1, 0.15) is 0 Å². The van der Waals surface area contributed by atoms with Crippen LogP contribution in [0.2, 0.25) is 0 Å². The van der Waals surface area contributed by atoms with Crippen LogP contribution in [0.4, 0.5) is 14.5 Å². The van der Waals surface area contributed by atoms with E-state index in [-0.39, 0.29) is 4.90 Å². The predicted octanol–water partition coefficient (Wildman–Crippen LogP) is 2.62. The zero-order chi connectivity index (χ0) is 13.9. The largest absolute Gasteiger partial charge is 0.379 e. The third kappa shape index (κ3) is 3.11. The zero-order valence-electron chi connectivity index (χ0n) is 9.81. The zero-order valence-corrected chi connectivity index (χ0v) is 10.6. The summed E-state index contributed by atoms with van der Waals surface area (Å²) in [4.78, 5) is 2.62. The highest BCUT2D eigenvalue weighted by Gasteiger charge is 2.26. The molecular weight excluding hydrogens is 274 g/mol. The van der Waals surface area contributed by atoms with Gasteiger partial charge in [-0.2, -0.15) is 8.78 Å². The van der Waals surface area contributed by atoms with Crippen molar-refractivity contribution < 1.29 is 17.2 Å². The number of hydrogen-bond donors (Lipinski definition) is 2. The average Bonchev–Trinajstić information content (AvgIpc) is 2.90. The molecule has 0 aliphatic heterocycles. The van der Waals surface area contributed by atoms with Crippen LogP contribution in [0.15, 0.2) is 47.5 Å². The van der Waals surface area contributed by atoms with Gasteiger partial charge in [-0.1, -0.05) is 0 Å². The molecule has 19 heavy (non-hydrogen) atoms. The van der Waals surface area contributed by atoms with Gasteiger partial charge in [-0.15, -0.1) is 0 Å². The lowest BCUT2D eigenvalue weighted by molar-refractivity contribution is 0.234. The molecule has 1 aromatic heterocycles. The summed E-state index contributed by atoms with van der Waals surface area (Å²) in [6, 6.07) is 8.99. The highest BCUT2D eigenvalue weighted by Crippen LogP contribution is 2.20. The van der Waals surface area contributed by atoms with Crippen molar-refractivity contribution in [2.45, 2.75) is 17.2 Å². The number of sulfone groups is 1. The summed E-state index contributed by atoms with van der Waals surface area (Å²) < 4.78 is 47.1. The molecule has 7 heteroatoms. The lowest BCUT2D eigenvalue weighted by Crippen LogP contribution is -2.11. The molecule has 102 valence electrons. The number of hydrogen-bond acceptors (Lipinski definition) is 3. The van der Waals surface area contributed by atoms with Gasteiger partial charge in [0, 0.05) is 17.6 Å². The van der Waals surface area contributed by atoms with Crippen LogP contribution in [0.3, 0.4) is 0 Å². The second kappa shape index (κ2) is 5.40. The number of nitrogens with one attached hydrogen (secondary N) is 2. The molecule has 2 N–H and O–H groups in total. The van der Waals surface area contributed by atoms with Crippen LogP contribution >= 0.6 is 0 Å².